The van der Waals surface area contributed by atoms with Crippen molar-refractivity contribution in [3.63, 3.8) is 0 Å². The quantitative estimate of drug-likeness (QED) is 0.882. The van der Waals surface area contributed by atoms with Crippen molar-refractivity contribution in [1.29, 1.82) is 0 Å². The molecule has 0 radical (unpaired) electrons. The van der Waals surface area contributed by atoms with Gasteiger partial charge < -0.3 is 10.2 Å². The van der Waals surface area contributed by atoms with Gasteiger partial charge in [0.2, 0.25) is 0 Å². The monoisotopic (exact) mass is 318 g/mol. The lowest BCUT2D eigenvalue weighted by atomic mass is 9.99. The molecule has 2 aromatic carbocycles. The second kappa shape index (κ2) is 6.96. The Morgan fingerprint density at radius 2 is 1.62 bits per heavy atom. The molecule has 4 nitrogen and oxygen atoms in total. The fourth-order valence-corrected chi connectivity index (χ4v) is 2.76. The van der Waals surface area contributed by atoms with Crippen molar-refractivity contribution in [2.75, 3.05) is 0 Å². The molecule has 2 aromatic rings. The molecule has 0 saturated heterocycles. The van der Waals surface area contributed by atoms with Crippen molar-refractivity contribution >= 4 is 11.7 Å². The van der Waals surface area contributed by atoms with E-state index >= 15 is 0 Å². The number of nitrogens with zero attached hydrogens (tertiary/aromatic N) is 1. The van der Waals surface area contributed by atoms with Crippen molar-refractivity contribution in [3.8, 4) is 0 Å². The van der Waals surface area contributed by atoms with Crippen LogP contribution in [0.3, 0.4) is 0 Å². The summed E-state index contributed by atoms with van der Waals surface area (Å²) in [5, 5.41) is 3.10. The van der Waals surface area contributed by atoms with Crippen LogP contribution in [0.4, 0.5) is 0 Å². The number of carbonyl (C=O) groups excluding carboxylic acids is 2. The van der Waals surface area contributed by atoms with Gasteiger partial charge in [0, 0.05) is 29.7 Å². The Kier molecular flexibility index (Phi) is 4.57. The third-order valence-electron chi connectivity index (χ3n) is 3.79. The minimum Gasteiger partial charge on any atom is -0.362 e. The molecule has 1 aliphatic heterocycles. The molecule has 4 heteroatoms. The number of benzene rings is 2. The van der Waals surface area contributed by atoms with Crippen LogP contribution in [0.2, 0.25) is 0 Å². The summed E-state index contributed by atoms with van der Waals surface area (Å²) in [5.74, 6) is -0.183. The number of ketones is 1. The number of rotatable bonds is 3. The lowest BCUT2D eigenvalue weighted by Gasteiger charge is -2.34. The van der Waals surface area contributed by atoms with Crippen molar-refractivity contribution < 1.29 is 9.59 Å². The van der Waals surface area contributed by atoms with Gasteiger partial charge in [0.15, 0.2) is 5.78 Å². The Labute approximate surface area is 141 Å². The highest BCUT2D eigenvalue weighted by Gasteiger charge is 2.30. The van der Waals surface area contributed by atoms with Crippen molar-refractivity contribution in [2.24, 2.45) is 0 Å². The fraction of sp³-hybridized carbons (Fsp3) is 0.100. The molecule has 1 amide bonds. The normalized spacial score (nSPS) is 18.3. The van der Waals surface area contributed by atoms with Gasteiger partial charge in [0.25, 0.3) is 5.91 Å². The fourth-order valence-electron chi connectivity index (χ4n) is 2.76. The summed E-state index contributed by atoms with van der Waals surface area (Å²) in [7, 11) is 0. The van der Waals surface area contributed by atoms with Gasteiger partial charge in [-0.05, 0) is 24.6 Å². The van der Waals surface area contributed by atoms with Crippen LogP contribution in [0.25, 0.3) is 0 Å². The SMILES string of the molecule is CC(=O)C=C1NC=CN(C(=O)c2ccccc2)C1c1ccccc1. The van der Waals surface area contributed by atoms with Gasteiger partial charge in [-0.2, -0.15) is 0 Å². The molecule has 1 unspecified atom stereocenters. The zero-order valence-electron chi connectivity index (χ0n) is 13.3. The molecule has 0 spiro atoms. The minimum absolute atomic E-state index is 0.0687. The van der Waals surface area contributed by atoms with Gasteiger partial charge in [-0.3, -0.25) is 9.59 Å². The Balaban J connectivity index is 2.06. The summed E-state index contributed by atoms with van der Waals surface area (Å²) in [5.41, 5.74) is 2.22. The number of nitrogens with one attached hydrogen (secondary N) is 1. The van der Waals surface area contributed by atoms with Crippen LogP contribution in [0.5, 0.6) is 0 Å². The predicted octanol–water partition coefficient (Wildman–Crippen LogP) is 3.42. The van der Waals surface area contributed by atoms with Crippen LogP contribution in [-0.4, -0.2) is 16.6 Å². The lowest BCUT2D eigenvalue weighted by Crippen LogP contribution is -2.38. The standard InChI is InChI=1S/C20H18N2O2/c1-15(23)14-18-19(16-8-4-2-5-9-16)22(13-12-21-18)20(24)17-10-6-3-7-11-17/h2-14,19,21H,1H3. The molecular weight excluding hydrogens is 300 g/mol. The van der Waals surface area contributed by atoms with E-state index in [0.717, 1.165) is 5.56 Å². The first-order valence-corrected chi connectivity index (χ1v) is 7.75. The number of allylic oxidation sites excluding steroid dienone is 1. The predicted molar refractivity (Wildman–Crippen MR) is 92.8 cm³/mol. The molecule has 1 heterocycles. The van der Waals surface area contributed by atoms with E-state index in [1.54, 1.807) is 29.4 Å². The molecule has 0 bridgehead atoms. The van der Waals surface area contributed by atoms with Crippen LogP contribution in [0.15, 0.2) is 84.8 Å². The number of carbonyl (C=O) groups is 2. The largest absolute Gasteiger partial charge is 0.362 e. The van der Waals surface area contributed by atoms with Gasteiger partial charge in [-0.15, -0.1) is 0 Å². The summed E-state index contributed by atoms with van der Waals surface area (Å²) in [6, 6.07) is 18.4. The molecule has 1 N–H and O–H groups in total. The van der Waals surface area contributed by atoms with Gasteiger partial charge in [0.1, 0.15) is 6.04 Å². The Bertz CT molecular complexity index is 795. The van der Waals surface area contributed by atoms with E-state index < -0.39 is 0 Å². The summed E-state index contributed by atoms with van der Waals surface area (Å²) in [6.45, 7) is 1.50. The Morgan fingerprint density at radius 1 is 1.00 bits per heavy atom. The van der Waals surface area contributed by atoms with Gasteiger partial charge in [0.05, 0.1) is 0 Å². The Morgan fingerprint density at radius 3 is 2.25 bits per heavy atom. The van der Waals surface area contributed by atoms with Crippen LogP contribution in [0.1, 0.15) is 28.9 Å². The molecular formula is C20H18N2O2. The summed E-state index contributed by atoms with van der Waals surface area (Å²) >= 11 is 0. The first-order chi connectivity index (χ1) is 11.7. The average Bonchev–Trinajstić information content (AvgIpc) is 2.62. The summed E-state index contributed by atoms with van der Waals surface area (Å²) < 4.78 is 0. The maximum atomic E-state index is 12.9. The van der Waals surface area contributed by atoms with E-state index in [4.69, 9.17) is 0 Å². The minimum atomic E-state index is -0.368. The second-order valence-electron chi connectivity index (χ2n) is 5.56. The summed E-state index contributed by atoms with van der Waals surface area (Å²) in [6.07, 6.45) is 4.92. The van der Waals surface area contributed by atoms with E-state index in [2.05, 4.69) is 5.32 Å². The molecule has 1 atom stereocenters. The smallest absolute Gasteiger partial charge is 0.258 e. The first-order valence-electron chi connectivity index (χ1n) is 7.75. The van der Waals surface area contributed by atoms with Crippen molar-refractivity contribution in [3.05, 3.63) is 96.0 Å². The molecule has 1 aliphatic rings. The second-order valence-corrected chi connectivity index (χ2v) is 5.56. The number of hydrogen-bond acceptors (Lipinski definition) is 3. The molecule has 120 valence electrons. The molecule has 0 aromatic heterocycles. The van der Waals surface area contributed by atoms with E-state index in [9.17, 15) is 9.59 Å². The van der Waals surface area contributed by atoms with Gasteiger partial charge in [-0.25, -0.2) is 0 Å². The van der Waals surface area contributed by atoms with Crippen LogP contribution in [-0.2, 0) is 4.79 Å². The zero-order valence-corrected chi connectivity index (χ0v) is 13.3. The maximum Gasteiger partial charge on any atom is 0.258 e. The topological polar surface area (TPSA) is 49.4 Å². The Hall–Kier alpha value is -3.14. The molecule has 0 fully saturated rings. The van der Waals surface area contributed by atoms with E-state index in [1.165, 1.54) is 13.0 Å². The number of amides is 1. The highest BCUT2D eigenvalue weighted by atomic mass is 16.2. The molecule has 0 saturated carbocycles. The zero-order chi connectivity index (χ0) is 16.9. The average molecular weight is 318 g/mol. The number of hydrogen-bond donors (Lipinski definition) is 1. The highest BCUT2D eigenvalue weighted by Crippen LogP contribution is 2.31. The van der Waals surface area contributed by atoms with Crippen LogP contribution < -0.4 is 5.32 Å². The van der Waals surface area contributed by atoms with E-state index in [1.807, 2.05) is 48.5 Å². The molecule has 3 rings (SSSR count). The summed E-state index contributed by atoms with van der Waals surface area (Å²) in [4.78, 5) is 26.2. The van der Waals surface area contributed by atoms with E-state index in [-0.39, 0.29) is 17.7 Å². The molecule has 0 aliphatic carbocycles. The van der Waals surface area contributed by atoms with E-state index in [0.29, 0.717) is 11.3 Å². The maximum absolute atomic E-state index is 12.9. The lowest BCUT2D eigenvalue weighted by molar-refractivity contribution is -0.112. The van der Waals surface area contributed by atoms with Gasteiger partial charge >= 0.3 is 0 Å². The van der Waals surface area contributed by atoms with Crippen molar-refractivity contribution in [1.82, 2.24) is 10.2 Å². The van der Waals surface area contributed by atoms with Crippen molar-refractivity contribution in [2.45, 2.75) is 13.0 Å². The first kappa shape index (κ1) is 15.7. The third-order valence-corrected chi connectivity index (χ3v) is 3.79. The third kappa shape index (κ3) is 3.27. The molecule has 24 heavy (non-hydrogen) atoms. The van der Waals surface area contributed by atoms with Crippen LogP contribution >= 0.6 is 0 Å². The van der Waals surface area contributed by atoms with Gasteiger partial charge in [-0.1, -0.05) is 48.5 Å². The highest BCUT2D eigenvalue weighted by molar-refractivity contribution is 5.96. The van der Waals surface area contributed by atoms with Crippen LogP contribution in [0, 0.1) is 0 Å².